The van der Waals surface area contributed by atoms with Crippen LogP contribution < -0.4 is 0 Å². The van der Waals surface area contributed by atoms with Crippen molar-refractivity contribution < 1.29 is 0 Å². The van der Waals surface area contributed by atoms with Gasteiger partial charge in [-0.25, -0.2) is 0 Å². The maximum Gasteiger partial charge on any atom is 0.0718 e. The van der Waals surface area contributed by atoms with Gasteiger partial charge < -0.3 is 0 Å². The fourth-order valence-corrected chi connectivity index (χ4v) is 14.4. The van der Waals surface area contributed by atoms with Gasteiger partial charge in [-0.3, -0.25) is 0 Å². The van der Waals surface area contributed by atoms with Crippen LogP contribution in [0.1, 0.15) is 52.4 Å². The Hall–Kier alpha value is 1.76. The maximum atomic E-state index is 2.30. The van der Waals surface area contributed by atoms with E-state index in [0.717, 1.165) is 0 Å². The van der Waals surface area contributed by atoms with E-state index in [9.17, 15) is 0 Å². The molecule has 0 fully saturated rings. The second-order valence-corrected chi connectivity index (χ2v) is 15.4. The Labute approximate surface area is 192 Å². The minimum Gasteiger partial charge on any atom is -0.121 e. The van der Waals surface area contributed by atoms with E-state index in [1.165, 1.54) is 63.9 Å². The summed E-state index contributed by atoms with van der Waals surface area (Å²) in [7, 11) is 0. The molecule has 0 aromatic carbocycles. The van der Waals surface area contributed by atoms with E-state index in [1.54, 1.807) is 9.81 Å². The zero-order chi connectivity index (χ0) is 18.5. The lowest BCUT2D eigenvalue weighted by Crippen LogP contribution is -1.88. The molecular formula is C18H24S8. The van der Waals surface area contributed by atoms with Gasteiger partial charge in [-0.05, 0) is 43.8 Å². The Morgan fingerprint density at radius 1 is 0.654 bits per heavy atom. The number of allylic oxidation sites excluding steroid dienone is 1. The molecule has 0 unspecified atom stereocenters. The van der Waals surface area contributed by atoms with Crippen LogP contribution in [-0.4, -0.2) is 12.5 Å². The smallest absolute Gasteiger partial charge is 0.0718 e. The largest absolute Gasteiger partial charge is 0.121 e. The van der Waals surface area contributed by atoms with Gasteiger partial charge in [0.05, 0.1) is 29.7 Å². The summed E-state index contributed by atoms with van der Waals surface area (Å²) in [5, 5.41) is 0. The van der Waals surface area contributed by atoms with Crippen molar-refractivity contribution in [3.05, 3.63) is 35.2 Å². The van der Waals surface area contributed by atoms with E-state index in [4.69, 9.17) is 0 Å². The lowest BCUT2D eigenvalue weighted by molar-refractivity contribution is 0.713. The summed E-state index contributed by atoms with van der Waals surface area (Å²) in [6, 6.07) is 0. The fraction of sp³-hybridized carbons (Fsp3) is 0.556. The van der Waals surface area contributed by atoms with Gasteiger partial charge >= 0.3 is 0 Å². The van der Waals surface area contributed by atoms with Crippen LogP contribution in [0.5, 0.6) is 0 Å². The Bertz CT molecular complexity index is 597. The molecule has 0 N–H and O–H groups in total. The van der Waals surface area contributed by atoms with Crippen molar-refractivity contribution in [1.82, 2.24) is 0 Å². The van der Waals surface area contributed by atoms with Crippen molar-refractivity contribution in [1.29, 1.82) is 0 Å². The maximum absolute atomic E-state index is 2.30. The van der Waals surface area contributed by atoms with Gasteiger partial charge in [-0.15, -0.1) is 23.5 Å². The first-order valence-electron chi connectivity index (χ1n) is 8.80. The highest BCUT2D eigenvalue weighted by molar-refractivity contribution is 8.49. The normalized spacial score (nSPS) is 20.1. The van der Waals surface area contributed by atoms with E-state index >= 15 is 0 Å². The van der Waals surface area contributed by atoms with Gasteiger partial charge in [0, 0.05) is 0 Å². The lowest BCUT2D eigenvalue weighted by atomic mass is 10.0. The zero-order valence-electron chi connectivity index (χ0n) is 15.5. The molecule has 0 amide bonds. The summed E-state index contributed by atoms with van der Waals surface area (Å²) >= 11 is 15.9. The van der Waals surface area contributed by atoms with Crippen molar-refractivity contribution in [2.24, 2.45) is 0 Å². The first-order chi connectivity index (χ1) is 12.7. The lowest BCUT2D eigenvalue weighted by Gasteiger charge is -2.12. The van der Waals surface area contributed by atoms with Crippen molar-refractivity contribution in [2.75, 3.05) is 12.5 Å². The molecule has 0 atom stereocenters. The predicted molar refractivity (Wildman–Crippen MR) is 140 cm³/mol. The highest BCUT2D eigenvalue weighted by Crippen LogP contribution is 2.71. The van der Waals surface area contributed by atoms with Crippen LogP contribution in [0.3, 0.4) is 0 Å². The minimum atomic E-state index is 1.29. The molecule has 0 spiro atoms. The van der Waals surface area contributed by atoms with Crippen LogP contribution in [-0.2, 0) is 0 Å². The van der Waals surface area contributed by atoms with Gasteiger partial charge in [-0.2, -0.15) is 0 Å². The molecular weight excluding hydrogens is 473 g/mol. The third kappa shape index (κ3) is 5.46. The summed E-state index contributed by atoms with van der Waals surface area (Å²) in [4.78, 5) is 0. The molecule has 3 aliphatic heterocycles. The van der Waals surface area contributed by atoms with Crippen molar-refractivity contribution in [3.8, 4) is 0 Å². The predicted octanol–water partition coefficient (Wildman–Crippen LogP) is 10.1. The minimum absolute atomic E-state index is 1.29. The monoisotopic (exact) mass is 496 g/mol. The third-order valence-electron chi connectivity index (χ3n) is 3.94. The van der Waals surface area contributed by atoms with Gasteiger partial charge in [0.1, 0.15) is 0 Å². The van der Waals surface area contributed by atoms with Crippen molar-refractivity contribution >= 4 is 94.1 Å². The number of thioether (sulfide) groups is 8. The molecule has 144 valence electrons. The average molecular weight is 497 g/mol. The fourth-order valence-electron chi connectivity index (χ4n) is 2.53. The molecule has 0 aromatic rings. The zero-order valence-corrected chi connectivity index (χ0v) is 22.0. The molecule has 3 rings (SSSR count). The second kappa shape index (κ2) is 11.2. The van der Waals surface area contributed by atoms with Gasteiger partial charge in [0.2, 0.25) is 0 Å². The Morgan fingerprint density at radius 3 is 1.50 bits per heavy atom. The number of unbranched alkanes of at least 4 members (excludes halogenated alkanes) is 2. The van der Waals surface area contributed by atoms with Crippen LogP contribution in [0, 0.1) is 0 Å². The molecule has 0 bridgehead atoms. The second-order valence-electron chi connectivity index (χ2n) is 5.84. The average Bonchev–Trinajstić information content (AvgIpc) is 3.33. The topological polar surface area (TPSA) is 0 Å². The van der Waals surface area contributed by atoms with Gasteiger partial charge in [0.15, 0.2) is 0 Å². The molecule has 0 nitrogen and oxygen atoms in total. The summed E-state index contributed by atoms with van der Waals surface area (Å²) in [6.07, 6.45) is 12.2. The summed E-state index contributed by atoms with van der Waals surface area (Å²) in [5.74, 6) is 0. The van der Waals surface area contributed by atoms with Crippen molar-refractivity contribution in [2.45, 2.75) is 52.4 Å². The first-order valence-corrected chi connectivity index (χ1v) is 16.1. The number of rotatable bonds is 8. The molecule has 3 aliphatic rings. The van der Waals surface area contributed by atoms with Gasteiger partial charge in [0.25, 0.3) is 0 Å². The van der Waals surface area contributed by atoms with E-state index in [2.05, 4.69) is 49.9 Å². The summed E-state index contributed by atoms with van der Waals surface area (Å²) < 4.78 is 10.6. The Kier molecular flexibility index (Phi) is 9.70. The van der Waals surface area contributed by atoms with E-state index in [-0.39, 0.29) is 0 Å². The molecule has 3 heterocycles. The first kappa shape index (κ1) is 22.4. The van der Waals surface area contributed by atoms with E-state index in [0.29, 0.717) is 0 Å². The molecule has 0 aromatic heterocycles. The molecule has 26 heavy (non-hydrogen) atoms. The van der Waals surface area contributed by atoms with Crippen LogP contribution in [0.2, 0.25) is 0 Å². The SMILES string of the molecule is CCCCC(CCCC)=C1SC2=C(S1)SC(=C1SC(SC)=C(SC)S1)S2. The van der Waals surface area contributed by atoms with Crippen molar-refractivity contribution in [3.63, 3.8) is 0 Å². The molecule has 0 saturated carbocycles. The third-order valence-corrected chi connectivity index (χ3v) is 15.5. The van der Waals surface area contributed by atoms with Crippen LogP contribution in [0.25, 0.3) is 0 Å². The summed E-state index contributed by atoms with van der Waals surface area (Å²) in [5.41, 5.74) is 1.72. The van der Waals surface area contributed by atoms with E-state index < -0.39 is 0 Å². The highest BCUT2D eigenvalue weighted by Gasteiger charge is 2.35. The number of hydrogen-bond acceptors (Lipinski definition) is 8. The molecule has 0 aliphatic carbocycles. The van der Waals surface area contributed by atoms with Crippen LogP contribution in [0.15, 0.2) is 35.2 Å². The van der Waals surface area contributed by atoms with Crippen LogP contribution >= 0.6 is 94.1 Å². The highest BCUT2D eigenvalue weighted by atomic mass is 32.3. The van der Waals surface area contributed by atoms with Crippen LogP contribution in [0.4, 0.5) is 0 Å². The molecule has 0 radical (unpaired) electrons. The standard InChI is InChI=1S/C18H24S8/c1-5-7-9-11(10-8-6-2)12-21-15-16(22-12)26-18(25-15)17-23-13(19-3)14(20-4)24-17/h5-10H2,1-4H3. The quantitative estimate of drug-likeness (QED) is 0.321. The van der Waals surface area contributed by atoms with E-state index in [1.807, 2.05) is 70.6 Å². The van der Waals surface area contributed by atoms with Gasteiger partial charge in [-0.1, -0.05) is 97.3 Å². The Balaban J connectivity index is 1.66. The summed E-state index contributed by atoms with van der Waals surface area (Å²) in [6.45, 7) is 4.60. The molecule has 8 heteroatoms. The Morgan fingerprint density at radius 2 is 1.08 bits per heavy atom. The molecule has 0 saturated heterocycles. The number of hydrogen-bond donors (Lipinski definition) is 0.